The van der Waals surface area contributed by atoms with E-state index in [1.807, 2.05) is 0 Å². The van der Waals surface area contributed by atoms with Crippen LogP contribution in [0.4, 0.5) is 35.1 Å². The Morgan fingerprint density at radius 2 is 1.11 bits per heavy atom. The van der Waals surface area contributed by atoms with Gasteiger partial charge in [0.15, 0.2) is 0 Å². The maximum absolute atomic E-state index is 12.6. The lowest BCUT2D eigenvalue weighted by Crippen LogP contribution is -2.65. The minimum atomic E-state index is -7.27. The van der Waals surface area contributed by atoms with Crippen molar-refractivity contribution in [2.45, 2.75) is 22.4 Å². The van der Waals surface area contributed by atoms with Crippen molar-refractivity contribution in [3.05, 3.63) is 0 Å². The monoisotopic (exact) mass is 345 g/mol. The van der Waals surface area contributed by atoms with Crippen LogP contribution in [-0.4, -0.2) is 39.2 Å². The molecule has 0 bridgehead atoms. The van der Waals surface area contributed by atoms with E-state index in [1.165, 1.54) is 0 Å². The third kappa shape index (κ3) is 2.37. The molecule has 0 atom stereocenters. The van der Waals surface area contributed by atoms with Crippen LogP contribution < -0.4 is 5.14 Å². The van der Waals surface area contributed by atoms with Crippen molar-refractivity contribution in [1.82, 2.24) is 0 Å². The summed E-state index contributed by atoms with van der Waals surface area (Å²) in [5, 5.41) is -9.92. The summed E-state index contributed by atoms with van der Waals surface area (Å²) in [5.41, 5.74) is 0. The molecular weight excluding hydrogens is 342 g/mol. The molecule has 116 valence electrons. The van der Waals surface area contributed by atoms with Gasteiger partial charge >= 0.3 is 22.4 Å². The number of thiol groups is 1. The highest BCUT2D eigenvalue weighted by molar-refractivity contribution is 7.90. The molecule has 0 aromatic heterocycles. The van der Waals surface area contributed by atoms with Gasteiger partial charge in [-0.1, -0.05) is 0 Å². The lowest BCUT2D eigenvalue weighted by atomic mass is 10.2. The predicted octanol–water partition coefficient (Wildman–Crippen LogP) is 0.343. The number of halogens is 8. The molecule has 0 rings (SSSR count). The van der Waals surface area contributed by atoms with Crippen molar-refractivity contribution in [3.63, 3.8) is 0 Å². The Morgan fingerprint density at radius 1 is 0.789 bits per heavy atom. The highest BCUT2D eigenvalue weighted by Crippen LogP contribution is 2.53. The first-order valence-electron chi connectivity index (χ1n) is 3.62. The third-order valence-corrected chi connectivity index (χ3v) is 3.43. The molecule has 0 fully saturated rings. The SMILES string of the molecule is NS(=O)(=O)C(F)(F)C(F)(F)C(F)(F)C(F)(F)[SH](=O)=O. The Morgan fingerprint density at radius 3 is 1.32 bits per heavy atom. The topological polar surface area (TPSA) is 94.3 Å². The van der Waals surface area contributed by atoms with E-state index in [2.05, 4.69) is 5.14 Å². The molecule has 2 N–H and O–H groups in total. The van der Waals surface area contributed by atoms with E-state index < -0.39 is 43.1 Å². The van der Waals surface area contributed by atoms with E-state index in [4.69, 9.17) is 0 Å². The first kappa shape index (κ1) is 18.3. The van der Waals surface area contributed by atoms with Gasteiger partial charge in [-0.3, -0.25) is 0 Å². The third-order valence-electron chi connectivity index (χ3n) is 1.72. The lowest BCUT2D eigenvalue weighted by Gasteiger charge is -2.33. The Kier molecular flexibility index (Phi) is 4.24. The fourth-order valence-corrected chi connectivity index (χ4v) is 1.52. The standard InChI is InChI=1S/C4H3F8NO4S2/c5-1(6,3(9,10)18(14)15)2(7,8)4(11,12)19(13,16)17/h18H,(H2,13,16,17). The first-order chi connectivity index (χ1) is 7.94. The molecule has 0 unspecified atom stereocenters. The summed E-state index contributed by atoms with van der Waals surface area (Å²) >= 11 is 0. The van der Waals surface area contributed by atoms with Gasteiger partial charge in [0.2, 0.25) is 10.7 Å². The van der Waals surface area contributed by atoms with Gasteiger partial charge in [0.1, 0.15) is 0 Å². The summed E-state index contributed by atoms with van der Waals surface area (Å²) in [6.07, 6.45) is 0. The van der Waals surface area contributed by atoms with E-state index in [1.54, 1.807) is 0 Å². The van der Waals surface area contributed by atoms with Crippen molar-refractivity contribution in [2.75, 3.05) is 0 Å². The van der Waals surface area contributed by atoms with E-state index in [9.17, 15) is 52.0 Å². The zero-order chi connectivity index (χ0) is 16.1. The molecule has 0 aromatic carbocycles. The van der Waals surface area contributed by atoms with Crippen LogP contribution in [0.2, 0.25) is 0 Å². The fraction of sp³-hybridized carbons (Fsp3) is 1.00. The summed E-state index contributed by atoms with van der Waals surface area (Å²) in [6, 6.07) is 0. The van der Waals surface area contributed by atoms with Crippen LogP contribution >= 0.6 is 0 Å². The second kappa shape index (κ2) is 4.41. The molecule has 0 amide bonds. The van der Waals surface area contributed by atoms with Crippen molar-refractivity contribution < 1.29 is 52.0 Å². The molecule has 0 heterocycles. The Labute approximate surface area is 101 Å². The minimum absolute atomic E-state index is 3.53. The molecule has 0 saturated heterocycles. The molecule has 15 heteroatoms. The molecule has 0 aliphatic rings. The van der Waals surface area contributed by atoms with Crippen LogP contribution in [0.5, 0.6) is 0 Å². The van der Waals surface area contributed by atoms with E-state index in [-0.39, 0.29) is 0 Å². The zero-order valence-corrected chi connectivity index (χ0v) is 9.80. The van der Waals surface area contributed by atoms with Crippen LogP contribution in [0, 0.1) is 0 Å². The number of primary sulfonamides is 1. The van der Waals surface area contributed by atoms with Crippen molar-refractivity contribution in [1.29, 1.82) is 0 Å². The average molecular weight is 345 g/mol. The van der Waals surface area contributed by atoms with Gasteiger partial charge in [0.25, 0.3) is 10.0 Å². The molecule has 19 heavy (non-hydrogen) atoms. The van der Waals surface area contributed by atoms with Crippen LogP contribution in [-0.2, 0) is 20.7 Å². The maximum Gasteiger partial charge on any atom is 0.426 e. The number of hydrogen-bond acceptors (Lipinski definition) is 4. The molecule has 0 saturated carbocycles. The maximum atomic E-state index is 12.6. The van der Waals surface area contributed by atoms with Crippen molar-refractivity contribution in [3.8, 4) is 0 Å². The quantitative estimate of drug-likeness (QED) is 0.555. The Hall–Kier alpha value is -0.700. The number of hydrogen-bond donors (Lipinski definition) is 2. The molecule has 0 spiro atoms. The van der Waals surface area contributed by atoms with E-state index >= 15 is 0 Å². The smallest absolute Gasteiger partial charge is 0.225 e. The molecule has 0 aliphatic heterocycles. The molecular formula is C4H3F8NO4S2. The van der Waals surface area contributed by atoms with Gasteiger partial charge in [-0.25, -0.2) is 22.0 Å². The van der Waals surface area contributed by atoms with Gasteiger partial charge in [-0.05, 0) is 0 Å². The normalized spacial score (nSPS) is 15.9. The largest absolute Gasteiger partial charge is 0.426 e. The van der Waals surface area contributed by atoms with Crippen molar-refractivity contribution in [2.24, 2.45) is 5.14 Å². The summed E-state index contributed by atoms with van der Waals surface area (Å²) in [4.78, 5) is 0. The Balaban J connectivity index is 6.22. The van der Waals surface area contributed by atoms with Crippen LogP contribution in [0.25, 0.3) is 0 Å². The average Bonchev–Trinajstić information content (AvgIpc) is 2.14. The number of rotatable bonds is 5. The summed E-state index contributed by atoms with van der Waals surface area (Å²) in [6.45, 7) is 0. The fourth-order valence-electron chi connectivity index (χ4n) is 0.665. The predicted molar refractivity (Wildman–Crippen MR) is 43.2 cm³/mol. The molecule has 0 aliphatic carbocycles. The molecule has 0 aromatic rings. The first-order valence-corrected chi connectivity index (χ1v) is 6.35. The summed E-state index contributed by atoms with van der Waals surface area (Å²) in [7, 11) is -12.3. The second-order valence-corrected chi connectivity index (χ2v) is 5.69. The number of alkyl halides is 8. The van der Waals surface area contributed by atoms with Gasteiger partial charge < -0.3 is 0 Å². The van der Waals surface area contributed by atoms with Gasteiger partial charge in [0.05, 0.1) is 0 Å². The number of sulfonamides is 1. The van der Waals surface area contributed by atoms with Crippen LogP contribution in [0.1, 0.15) is 0 Å². The number of nitrogens with two attached hydrogens (primary N) is 1. The van der Waals surface area contributed by atoms with Crippen LogP contribution in [0.3, 0.4) is 0 Å². The zero-order valence-electron chi connectivity index (χ0n) is 8.09. The minimum Gasteiger partial charge on any atom is -0.225 e. The van der Waals surface area contributed by atoms with Gasteiger partial charge in [-0.15, -0.1) is 0 Å². The van der Waals surface area contributed by atoms with E-state index in [0.717, 1.165) is 0 Å². The second-order valence-electron chi connectivity index (χ2n) is 3.01. The molecule has 0 radical (unpaired) electrons. The van der Waals surface area contributed by atoms with E-state index in [0.29, 0.717) is 0 Å². The Bertz CT molecular complexity index is 529. The summed E-state index contributed by atoms with van der Waals surface area (Å²) < 4.78 is 140. The highest BCUT2D eigenvalue weighted by atomic mass is 32.2. The van der Waals surface area contributed by atoms with Gasteiger partial charge in [0, 0.05) is 0 Å². The summed E-state index contributed by atoms with van der Waals surface area (Å²) in [5.74, 6) is -14.5. The molecule has 5 nitrogen and oxygen atoms in total. The highest BCUT2D eigenvalue weighted by Gasteiger charge is 2.85. The van der Waals surface area contributed by atoms with Crippen molar-refractivity contribution >= 4 is 20.7 Å². The van der Waals surface area contributed by atoms with Crippen LogP contribution in [0.15, 0.2) is 0 Å². The lowest BCUT2D eigenvalue weighted by molar-refractivity contribution is -0.325. The van der Waals surface area contributed by atoms with Gasteiger partial charge in [-0.2, -0.15) is 35.1 Å².